The zero-order valence-electron chi connectivity index (χ0n) is 12.1. The van der Waals surface area contributed by atoms with E-state index >= 15 is 0 Å². The smallest absolute Gasteiger partial charge is 0.333 e. The molecule has 0 aliphatic heterocycles. The van der Waals surface area contributed by atoms with E-state index in [1.54, 1.807) is 6.92 Å². The van der Waals surface area contributed by atoms with Crippen molar-refractivity contribution in [2.75, 3.05) is 7.11 Å². The maximum Gasteiger partial charge on any atom is 0.333 e. The van der Waals surface area contributed by atoms with E-state index in [0.29, 0.717) is 18.4 Å². The van der Waals surface area contributed by atoms with Crippen molar-refractivity contribution in [1.29, 1.82) is 0 Å². The van der Waals surface area contributed by atoms with Crippen molar-refractivity contribution in [3.8, 4) is 0 Å². The van der Waals surface area contributed by atoms with Crippen molar-refractivity contribution in [1.82, 2.24) is 0 Å². The SMILES string of the molecule is COC(=O)C(C)=C1CC(O)(/C=C(\C)c2ccccc2)C1. The summed E-state index contributed by atoms with van der Waals surface area (Å²) < 4.78 is 4.69. The molecule has 0 atom stereocenters. The summed E-state index contributed by atoms with van der Waals surface area (Å²) in [6.45, 7) is 3.73. The summed E-state index contributed by atoms with van der Waals surface area (Å²) in [4.78, 5) is 11.4. The topological polar surface area (TPSA) is 46.5 Å². The van der Waals surface area contributed by atoms with Crippen molar-refractivity contribution in [2.45, 2.75) is 32.3 Å². The van der Waals surface area contributed by atoms with Crippen LogP contribution in [0, 0.1) is 0 Å². The Balaban J connectivity index is 2.12. The third-order valence-electron chi connectivity index (χ3n) is 3.78. The third-order valence-corrected chi connectivity index (χ3v) is 3.78. The van der Waals surface area contributed by atoms with Crippen LogP contribution in [0.4, 0.5) is 0 Å². The van der Waals surface area contributed by atoms with Crippen LogP contribution in [0.2, 0.25) is 0 Å². The van der Waals surface area contributed by atoms with Crippen LogP contribution >= 0.6 is 0 Å². The number of ether oxygens (including phenoxy) is 1. The normalized spacial score (nSPS) is 22.2. The first-order valence-corrected chi connectivity index (χ1v) is 6.69. The summed E-state index contributed by atoms with van der Waals surface area (Å²) in [5.41, 5.74) is 2.88. The molecule has 0 heterocycles. The average Bonchev–Trinajstić information content (AvgIpc) is 2.43. The van der Waals surface area contributed by atoms with Gasteiger partial charge >= 0.3 is 5.97 Å². The predicted molar refractivity (Wildman–Crippen MR) is 79.0 cm³/mol. The molecule has 2 rings (SSSR count). The fraction of sp³-hybridized carbons (Fsp3) is 0.353. The van der Waals surface area contributed by atoms with E-state index in [-0.39, 0.29) is 5.97 Å². The van der Waals surface area contributed by atoms with Crippen LogP contribution in [-0.2, 0) is 9.53 Å². The average molecular weight is 272 g/mol. The number of hydrogen-bond acceptors (Lipinski definition) is 3. The van der Waals surface area contributed by atoms with Gasteiger partial charge in [-0.3, -0.25) is 0 Å². The fourth-order valence-corrected chi connectivity index (χ4v) is 2.54. The molecular weight excluding hydrogens is 252 g/mol. The van der Waals surface area contributed by atoms with Crippen LogP contribution in [0.3, 0.4) is 0 Å². The highest BCUT2D eigenvalue weighted by Gasteiger charge is 2.38. The van der Waals surface area contributed by atoms with Crippen LogP contribution in [0.1, 0.15) is 32.3 Å². The van der Waals surface area contributed by atoms with Gasteiger partial charge in [0.2, 0.25) is 0 Å². The van der Waals surface area contributed by atoms with E-state index < -0.39 is 5.60 Å². The highest BCUT2D eigenvalue weighted by atomic mass is 16.5. The van der Waals surface area contributed by atoms with Crippen LogP contribution in [0.25, 0.3) is 5.57 Å². The molecule has 1 aromatic carbocycles. The lowest BCUT2D eigenvalue weighted by Crippen LogP contribution is -2.38. The third kappa shape index (κ3) is 2.99. The molecule has 0 bridgehead atoms. The van der Waals surface area contributed by atoms with Gasteiger partial charge in [0.15, 0.2) is 0 Å². The monoisotopic (exact) mass is 272 g/mol. The van der Waals surface area contributed by atoms with Crippen molar-refractivity contribution < 1.29 is 14.6 Å². The molecule has 3 nitrogen and oxygen atoms in total. The zero-order valence-corrected chi connectivity index (χ0v) is 12.1. The highest BCUT2D eigenvalue weighted by Crippen LogP contribution is 2.41. The van der Waals surface area contributed by atoms with Gasteiger partial charge in [-0.25, -0.2) is 4.79 Å². The molecule has 0 amide bonds. The highest BCUT2D eigenvalue weighted by molar-refractivity contribution is 5.89. The van der Waals surface area contributed by atoms with E-state index in [2.05, 4.69) is 0 Å². The molecule has 106 valence electrons. The standard InChI is InChI=1S/C17H20O3/c1-12(14-7-5-4-6-8-14)9-17(19)10-15(11-17)13(2)16(18)20-3/h4-9,19H,10-11H2,1-3H3/b12-9+,15-13?. The summed E-state index contributed by atoms with van der Waals surface area (Å²) in [5, 5.41) is 10.5. The Labute approximate surface area is 119 Å². The van der Waals surface area contributed by atoms with E-state index in [0.717, 1.165) is 16.7 Å². The largest absolute Gasteiger partial charge is 0.466 e. The van der Waals surface area contributed by atoms with Crippen LogP contribution < -0.4 is 0 Å². The zero-order chi connectivity index (χ0) is 14.8. The number of allylic oxidation sites excluding steroid dienone is 1. The molecule has 1 N–H and O–H groups in total. The lowest BCUT2D eigenvalue weighted by atomic mass is 9.72. The minimum Gasteiger partial charge on any atom is -0.466 e. The lowest BCUT2D eigenvalue weighted by molar-refractivity contribution is -0.136. The molecule has 20 heavy (non-hydrogen) atoms. The summed E-state index contributed by atoms with van der Waals surface area (Å²) in [6.07, 6.45) is 2.88. The second kappa shape index (κ2) is 5.63. The lowest BCUT2D eigenvalue weighted by Gasteiger charge is -2.38. The van der Waals surface area contributed by atoms with Crippen LogP contribution in [0.5, 0.6) is 0 Å². The minimum atomic E-state index is -0.843. The van der Waals surface area contributed by atoms with Crippen molar-refractivity contribution >= 4 is 11.5 Å². The molecule has 0 aromatic heterocycles. The molecule has 1 aliphatic rings. The van der Waals surface area contributed by atoms with Gasteiger partial charge in [-0.2, -0.15) is 0 Å². The Bertz CT molecular complexity index is 559. The maximum absolute atomic E-state index is 11.4. The van der Waals surface area contributed by atoms with Crippen molar-refractivity contribution in [3.63, 3.8) is 0 Å². The van der Waals surface area contributed by atoms with Gasteiger partial charge in [0, 0.05) is 18.4 Å². The molecule has 3 heteroatoms. The molecule has 0 radical (unpaired) electrons. The van der Waals surface area contributed by atoms with Gasteiger partial charge in [0.1, 0.15) is 0 Å². The number of hydrogen-bond donors (Lipinski definition) is 1. The Hall–Kier alpha value is -1.87. The number of benzene rings is 1. The summed E-state index contributed by atoms with van der Waals surface area (Å²) >= 11 is 0. The summed E-state index contributed by atoms with van der Waals surface area (Å²) in [5.74, 6) is -0.314. The Morgan fingerprint density at radius 1 is 1.25 bits per heavy atom. The molecule has 1 aliphatic carbocycles. The second-order valence-electron chi connectivity index (χ2n) is 5.37. The van der Waals surface area contributed by atoms with Gasteiger partial charge < -0.3 is 9.84 Å². The molecule has 0 unspecified atom stereocenters. The van der Waals surface area contributed by atoms with E-state index in [4.69, 9.17) is 4.74 Å². The number of methoxy groups -OCH3 is 1. The first-order valence-electron chi connectivity index (χ1n) is 6.69. The van der Waals surface area contributed by atoms with Crippen LogP contribution in [-0.4, -0.2) is 23.8 Å². The van der Waals surface area contributed by atoms with Crippen molar-refractivity contribution in [2.24, 2.45) is 0 Å². The molecule has 0 spiro atoms. The molecule has 1 fully saturated rings. The maximum atomic E-state index is 11.4. The van der Waals surface area contributed by atoms with Gasteiger partial charge in [-0.05, 0) is 31.1 Å². The number of esters is 1. The second-order valence-corrected chi connectivity index (χ2v) is 5.37. The van der Waals surface area contributed by atoms with E-state index in [1.165, 1.54) is 7.11 Å². The predicted octanol–water partition coefficient (Wildman–Crippen LogP) is 3.10. The fourth-order valence-electron chi connectivity index (χ4n) is 2.54. The first kappa shape index (κ1) is 14.5. The van der Waals surface area contributed by atoms with Crippen molar-refractivity contribution in [3.05, 3.63) is 53.1 Å². The van der Waals surface area contributed by atoms with Gasteiger partial charge in [0.25, 0.3) is 0 Å². The molecular formula is C17H20O3. The molecule has 0 saturated heterocycles. The summed E-state index contributed by atoms with van der Waals surface area (Å²) in [6, 6.07) is 9.96. The van der Waals surface area contributed by atoms with Crippen LogP contribution in [0.15, 0.2) is 47.6 Å². The summed E-state index contributed by atoms with van der Waals surface area (Å²) in [7, 11) is 1.37. The van der Waals surface area contributed by atoms with E-state index in [1.807, 2.05) is 43.3 Å². The number of aliphatic hydroxyl groups is 1. The van der Waals surface area contributed by atoms with Gasteiger partial charge in [0.05, 0.1) is 12.7 Å². The first-order chi connectivity index (χ1) is 9.45. The molecule has 1 saturated carbocycles. The quantitative estimate of drug-likeness (QED) is 0.679. The Morgan fingerprint density at radius 2 is 1.85 bits per heavy atom. The van der Waals surface area contributed by atoms with Gasteiger partial charge in [-0.15, -0.1) is 0 Å². The number of rotatable bonds is 3. The minimum absolute atomic E-state index is 0.314. The Kier molecular flexibility index (Phi) is 4.09. The van der Waals surface area contributed by atoms with Gasteiger partial charge in [-0.1, -0.05) is 35.9 Å². The molecule has 1 aromatic rings. The number of carbonyl (C=O) groups excluding carboxylic acids is 1. The number of carbonyl (C=O) groups is 1. The van der Waals surface area contributed by atoms with E-state index in [9.17, 15) is 9.90 Å². The Morgan fingerprint density at radius 3 is 2.40 bits per heavy atom.